The number of rotatable bonds is 10. The van der Waals surface area contributed by atoms with Crippen molar-refractivity contribution in [2.24, 2.45) is 5.92 Å². The Balaban J connectivity index is 2.14. The lowest BCUT2D eigenvalue weighted by atomic mass is 9.93. The van der Waals surface area contributed by atoms with Crippen molar-refractivity contribution in [2.75, 3.05) is 26.0 Å². The fraction of sp³-hybridized carbons (Fsp3) is 0.650. The standard InChI is InChI=1S/C20H32N4O5S/c1-6-30(27,28)10-7-17(25)21-12-15-11-18(26)24(20(2,3)4)19(15)16-13-22-23(14-16)8-9-29-5/h6,13-15,19H,1,7-12H2,2-5H3,(H,21,25)/t15-,19+/m1/s1. The molecule has 9 nitrogen and oxygen atoms in total. The zero-order valence-corrected chi connectivity index (χ0v) is 18.9. The number of hydrogen-bond acceptors (Lipinski definition) is 6. The smallest absolute Gasteiger partial charge is 0.223 e. The highest BCUT2D eigenvalue weighted by Crippen LogP contribution is 2.42. The van der Waals surface area contributed by atoms with Crippen molar-refractivity contribution in [1.82, 2.24) is 20.0 Å². The van der Waals surface area contributed by atoms with E-state index in [1.165, 1.54) is 0 Å². The molecule has 10 heteroatoms. The lowest BCUT2D eigenvalue weighted by molar-refractivity contribution is -0.133. The van der Waals surface area contributed by atoms with Crippen molar-refractivity contribution >= 4 is 21.7 Å². The first-order valence-electron chi connectivity index (χ1n) is 9.94. The molecule has 30 heavy (non-hydrogen) atoms. The Bertz CT molecular complexity index is 872. The zero-order chi connectivity index (χ0) is 22.5. The first-order chi connectivity index (χ1) is 14.0. The number of amides is 2. The highest BCUT2D eigenvalue weighted by molar-refractivity contribution is 7.94. The predicted octanol–water partition coefficient (Wildman–Crippen LogP) is 1.28. The van der Waals surface area contributed by atoms with Gasteiger partial charge < -0.3 is 15.0 Å². The van der Waals surface area contributed by atoms with Gasteiger partial charge in [0, 0.05) is 55.1 Å². The minimum atomic E-state index is -3.43. The number of aromatic nitrogens is 2. The molecule has 1 N–H and O–H groups in total. The van der Waals surface area contributed by atoms with E-state index in [1.807, 2.05) is 31.9 Å². The number of carbonyl (C=O) groups is 2. The summed E-state index contributed by atoms with van der Waals surface area (Å²) in [5.74, 6) is -0.769. The van der Waals surface area contributed by atoms with Crippen LogP contribution < -0.4 is 5.32 Å². The molecule has 1 aliphatic heterocycles. The maximum absolute atomic E-state index is 12.8. The Labute approximate surface area is 178 Å². The third-order valence-corrected chi connectivity index (χ3v) is 6.38. The van der Waals surface area contributed by atoms with E-state index in [0.717, 1.165) is 11.0 Å². The molecular formula is C20H32N4O5S. The molecule has 1 fully saturated rings. The van der Waals surface area contributed by atoms with Crippen LogP contribution in [0.3, 0.4) is 0 Å². The van der Waals surface area contributed by atoms with Crippen LogP contribution in [-0.2, 0) is 30.7 Å². The SMILES string of the molecule is C=CS(=O)(=O)CCC(=O)NC[C@H]1CC(=O)N(C(C)(C)C)[C@@H]1c1cnn(CCOC)c1. The Morgan fingerprint density at radius 1 is 1.43 bits per heavy atom. The van der Waals surface area contributed by atoms with Crippen LogP contribution in [0, 0.1) is 5.92 Å². The summed E-state index contributed by atoms with van der Waals surface area (Å²) in [7, 11) is -1.80. The summed E-state index contributed by atoms with van der Waals surface area (Å²) in [5, 5.41) is 8.02. The number of hydrogen-bond donors (Lipinski definition) is 1. The van der Waals surface area contributed by atoms with E-state index >= 15 is 0 Å². The molecule has 0 radical (unpaired) electrons. The minimum absolute atomic E-state index is 0.0191. The molecular weight excluding hydrogens is 408 g/mol. The lowest BCUT2D eigenvalue weighted by Crippen LogP contribution is -2.44. The van der Waals surface area contributed by atoms with Crippen LogP contribution in [0.4, 0.5) is 0 Å². The van der Waals surface area contributed by atoms with E-state index in [1.54, 1.807) is 18.0 Å². The molecule has 0 unspecified atom stereocenters. The van der Waals surface area contributed by atoms with E-state index in [-0.39, 0.29) is 42.5 Å². The Hall–Kier alpha value is -2.20. The number of sulfone groups is 1. The lowest BCUT2D eigenvalue weighted by Gasteiger charge is -2.38. The second kappa shape index (κ2) is 9.74. The van der Waals surface area contributed by atoms with Crippen LogP contribution in [0.2, 0.25) is 0 Å². The number of methoxy groups -OCH3 is 1. The molecule has 0 spiro atoms. The van der Waals surface area contributed by atoms with Crippen LogP contribution >= 0.6 is 0 Å². The third-order valence-electron chi connectivity index (χ3n) is 5.10. The molecule has 168 valence electrons. The van der Waals surface area contributed by atoms with Gasteiger partial charge in [0.25, 0.3) is 0 Å². The molecule has 1 aromatic rings. The quantitative estimate of drug-likeness (QED) is 0.587. The van der Waals surface area contributed by atoms with Crippen LogP contribution in [0.15, 0.2) is 24.4 Å². The Kier molecular flexibility index (Phi) is 7.81. The summed E-state index contributed by atoms with van der Waals surface area (Å²) < 4.78 is 29.9. The molecule has 2 atom stereocenters. The Morgan fingerprint density at radius 3 is 2.73 bits per heavy atom. The normalized spacial score (nSPS) is 19.9. The molecule has 1 saturated heterocycles. The summed E-state index contributed by atoms with van der Waals surface area (Å²) in [5.41, 5.74) is 0.507. The van der Waals surface area contributed by atoms with Crippen molar-refractivity contribution in [2.45, 2.75) is 51.7 Å². The minimum Gasteiger partial charge on any atom is -0.383 e. The number of nitrogens with one attached hydrogen (secondary N) is 1. The molecule has 2 heterocycles. The van der Waals surface area contributed by atoms with Crippen molar-refractivity contribution in [3.8, 4) is 0 Å². The van der Waals surface area contributed by atoms with Gasteiger partial charge in [0.1, 0.15) is 0 Å². The average Bonchev–Trinajstić information content (AvgIpc) is 3.26. The largest absolute Gasteiger partial charge is 0.383 e. The van der Waals surface area contributed by atoms with Gasteiger partial charge in [0.15, 0.2) is 9.84 Å². The van der Waals surface area contributed by atoms with Gasteiger partial charge >= 0.3 is 0 Å². The van der Waals surface area contributed by atoms with Crippen LogP contribution in [0.5, 0.6) is 0 Å². The topological polar surface area (TPSA) is 111 Å². The molecule has 0 aromatic carbocycles. The van der Waals surface area contributed by atoms with Crippen molar-refractivity contribution in [3.63, 3.8) is 0 Å². The van der Waals surface area contributed by atoms with Gasteiger partial charge in [0.05, 0.1) is 31.1 Å². The van der Waals surface area contributed by atoms with Gasteiger partial charge in [-0.2, -0.15) is 5.10 Å². The molecule has 2 amide bonds. The average molecular weight is 441 g/mol. The maximum Gasteiger partial charge on any atom is 0.223 e. The zero-order valence-electron chi connectivity index (χ0n) is 18.1. The van der Waals surface area contributed by atoms with Crippen LogP contribution in [-0.4, -0.2) is 66.5 Å². The first kappa shape index (κ1) is 24.1. The monoisotopic (exact) mass is 440 g/mol. The molecule has 1 aliphatic rings. The predicted molar refractivity (Wildman–Crippen MR) is 113 cm³/mol. The van der Waals surface area contributed by atoms with Crippen molar-refractivity contribution < 1.29 is 22.7 Å². The van der Waals surface area contributed by atoms with Crippen LogP contribution in [0.1, 0.15) is 45.2 Å². The van der Waals surface area contributed by atoms with Gasteiger partial charge in [-0.1, -0.05) is 6.58 Å². The fourth-order valence-corrected chi connectivity index (χ4v) is 4.32. The van der Waals surface area contributed by atoms with E-state index < -0.39 is 15.4 Å². The molecule has 0 bridgehead atoms. The summed E-state index contributed by atoms with van der Waals surface area (Å²) in [6, 6.07) is -0.231. The number of likely N-dealkylation sites (tertiary alicyclic amines) is 1. The fourth-order valence-electron chi connectivity index (χ4n) is 3.69. The summed E-state index contributed by atoms with van der Waals surface area (Å²) >= 11 is 0. The third kappa shape index (κ3) is 6.15. The van der Waals surface area contributed by atoms with E-state index in [4.69, 9.17) is 4.74 Å². The number of ether oxygens (including phenoxy) is 1. The second-order valence-corrected chi connectivity index (χ2v) is 10.5. The van der Waals surface area contributed by atoms with Crippen molar-refractivity contribution in [1.29, 1.82) is 0 Å². The molecule has 2 rings (SSSR count). The first-order valence-corrected chi connectivity index (χ1v) is 11.7. The van der Waals surface area contributed by atoms with Gasteiger partial charge in [-0.3, -0.25) is 14.3 Å². The summed E-state index contributed by atoms with van der Waals surface area (Å²) in [4.78, 5) is 26.8. The molecule has 0 saturated carbocycles. The van der Waals surface area contributed by atoms with Crippen molar-refractivity contribution in [3.05, 3.63) is 29.9 Å². The summed E-state index contributed by atoms with van der Waals surface area (Å²) in [6.45, 7) is 10.6. The van der Waals surface area contributed by atoms with Gasteiger partial charge in [0.2, 0.25) is 11.8 Å². The van der Waals surface area contributed by atoms with Gasteiger partial charge in [-0.25, -0.2) is 8.42 Å². The van der Waals surface area contributed by atoms with Gasteiger partial charge in [-0.15, -0.1) is 0 Å². The molecule has 1 aromatic heterocycles. The molecule has 0 aliphatic carbocycles. The maximum atomic E-state index is 12.8. The van der Waals surface area contributed by atoms with E-state index in [2.05, 4.69) is 17.0 Å². The second-order valence-electron chi connectivity index (χ2n) is 8.46. The van der Waals surface area contributed by atoms with E-state index in [0.29, 0.717) is 19.6 Å². The Morgan fingerprint density at radius 2 is 2.13 bits per heavy atom. The summed E-state index contributed by atoms with van der Waals surface area (Å²) in [6.07, 6.45) is 3.82. The number of carbonyl (C=O) groups excluding carboxylic acids is 2. The highest BCUT2D eigenvalue weighted by Gasteiger charge is 2.45. The van der Waals surface area contributed by atoms with Gasteiger partial charge in [-0.05, 0) is 20.8 Å². The highest BCUT2D eigenvalue weighted by atomic mass is 32.2. The van der Waals surface area contributed by atoms with Crippen LogP contribution in [0.25, 0.3) is 0 Å². The number of nitrogens with zero attached hydrogens (tertiary/aromatic N) is 3. The van der Waals surface area contributed by atoms with E-state index in [9.17, 15) is 18.0 Å².